The number of fused-ring (bicyclic) bond motifs is 1. The Labute approximate surface area is 207 Å². The molecule has 7 heteroatoms. The fraction of sp³-hybridized carbons (Fsp3) is 0.321. The number of aryl methyl sites for hydroxylation is 2. The molecule has 182 valence electrons. The van der Waals surface area contributed by atoms with Gasteiger partial charge in [0.25, 0.3) is 5.91 Å². The normalized spacial score (nSPS) is 17.2. The largest absolute Gasteiger partial charge is 0.308 e. The van der Waals surface area contributed by atoms with Crippen LogP contribution in [0.5, 0.6) is 0 Å². The van der Waals surface area contributed by atoms with E-state index in [2.05, 4.69) is 17.0 Å². The van der Waals surface area contributed by atoms with Crippen LogP contribution in [0.1, 0.15) is 33.5 Å². The smallest absolute Gasteiger partial charge is 0.258 e. The topological polar surface area (TPSA) is 60.9 Å². The molecule has 0 aromatic heterocycles. The van der Waals surface area contributed by atoms with Gasteiger partial charge in [-0.25, -0.2) is 8.42 Å². The van der Waals surface area contributed by atoms with Crippen molar-refractivity contribution in [1.82, 2.24) is 9.21 Å². The second kappa shape index (κ2) is 9.93. The van der Waals surface area contributed by atoms with E-state index in [1.54, 1.807) is 27.4 Å². The van der Waals surface area contributed by atoms with E-state index in [0.29, 0.717) is 43.2 Å². The molecule has 0 radical (unpaired) electrons. The Morgan fingerprint density at radius 2 is 1.57 bits per heavy atom. The summed E-state index contributed by atoms with van der Waals surface area (Å²) in [6.07, 6.45) is 1.58. The third kappa shape index (κ3) is 5.03. The van der Waals surface area contributed by atoms with Crippen molar-refractivity contribution in [2.75, 3.05) is 37.6 Å². The van der Waals surface area contributed by atoms with E-state index in [9.17, 15) is 13.2 Å². The van der Waals surface area contributed by atoms with E-state index >= 15 is 0 Å². The molecule has 3 aromatic rings. The van der Waals surface area contributed by atoms with Crippen molar-refractivity contribution >= 4 is 21.6 Å². The molecular weight excluding hydrogens is 458 g/mol. The van der Waals surface area contributed by atoms with Gasteiger partial charge >= 0.3 is 0 Å². The molecule has 3 aromatic carbocycles. The van der Waals surface area contributed by atoms with Crippen molar-refractivity contribution in [3.63, 3.8) is 0 Å². The lowest BCUT2D eigenvalue weighted by Crippen LogP contribution is -2.48. The summed E-state index contributed by atoms with van der Waals surface area (Å²) in [7, 11) is -3.58. The molecule has 1 saturated heterocycles. The van der Waals surface area contributed by atoms with Crippen molar-refractivity contribution in [3.8, 4) is 0 Å². The van der Waals surface area contributed by atoms with Crippen LogP contribution in [0, 0.1) is 6.92 Å². The lowest BCUT2D eigenvalue weighted by atomic mass is 10.0. The number of rotatable bonds is 5. The molecule has 0 bridgehead atoms. The van der Waals surface area contributed by atoms with Crippen LogP contribution in [0.25, 0.3) is 0 Å². The van der Waals surface area contributed by atoms with Crippen LogP contribution >= 0.6 is 0 Å². The van der Waals surface area contributed by atoms with E-state index in [1.165, 1.54) is 5.56 Å². The zero-order valence-electron chi connectivity index (χ0n) is 20.1. The molecule has 6 nitrogen and oxygen atoms in total. The molecule has 0 spiro atoms. The zero-order valence-corrected chi connectivity index (χ0v) is 20.9. The van der Waals surface area contributed by atoms with Crippen LogP contribution in [0.2, 0.25) is 0 Å². The minimum absolute atomic E-state index is 0.0453. The number of carbonyl (C=O) groups excluding carboxylic acids is 1. The molecule has 0 aliphatic carbocycles. The third-order valence-electron chi connectivity index (χ3n) is 6.93. The zero-order chi connectivity index (χ0) is 24.4. The molecule has 35 heavy (non-hydrogen) atoms. The van der Waals surface area contributed by atoms with Gasteiger partial charge in [0, 0.05) is 50.5 Å². The molecule has 0 atom stereocenters. The predicted octanol–water partition coefficient (Wildman–Crippen LogP) is 4.09. The van der Waals surface area contributed by atoms with Crippen molar-refractivity contribution in [1.29, 1.82) is 0 Å². The molecule has 2 aliphatic heterocycles. The second-order valence-corrected chi connectivity index (χ2v) is 11.3. The van der Waals surface area contributed by atoms with Gasteiger partial charge in [0.2, 0.25) is 10.0 Å². The van der Waals surface area contributed by atoms with E-state index < -0.39 is 10.0 Å². The van der Waals surface area contributed by atoms with Crippen LogP contribution in [0.3, 0.4) is 0 Å². The number of piperazine rings is 1. The number of nitrogens with zero attached hydrogens (tertiary/aromatic N) is 3. The summed E-state index contributed by atoms with van der Waals surface area (Å²) in [5, 5.41) is 0. The molecule has 1 fully saturated rings. The molecular formula is C28H31N3O3S. The first-order chi connectivity index (χ1) is 16.9. The number of amides is 1. The lowest BCUT2D eigenvalue weighted by molar-refractivity contribution is 0.0985. The summed E-state index contributed by atoms with van der Waals surface area (Å²) < 4.78 is 28.5. The highest BCUT2D eigenvalue weighted by Crippen LogP contribution is 2.32. The molecule has 1 amide bonds. The molecule has 0 N–H and O–H groups in total. The number of benzene rings is 3. The van der Waals surface area contributed by atoms with Gasteiger partial charge < -0.3 is 4.90 Å². The highest BCUT2D eigenvalue weighted by atomic mass is 32.2. The molecule has 2 heterocycles. The summed E-state index contributed by atoms with van der Waals surface area (Å²) in [6, 6.07) is 23.1. The highest BCUT2D eigenvalue weighted by Gasteiger charge is 2.31. The first kappa shape index (κ1) is 23.7. The minimum atomic E-state index is -3.58. The van der Waals surface area contributed by atoms with Crippen LogP contribution in [0.15, 0.2) is 77.7 Å². The second-order valence-electron chi connectivity index (χ2n) is 9.38. The quantitative estimate of drug-likeness (QED) is 0.542. The van der Waals surface area contributed by atoms with Crippen LogP contribution in [-0.4, -0.2) is 56.3 Å². The summed E-state index contributed by atoms with van der Waals surface area (Å²) in [4.78, 5) is 17.6. The van der Waals surface area contributed by atoms with Crippen LogP contribution in [-0.2, 0) is 23.0 Å². The van der Waals surface area contributed by atoms with Crippen LogP contribution in [0.4, 0.5) is 5.69 Å². The van der Waals surface area contributed by atoms with Crippen molar-refractivity contribution in [3.05, 3.63) is 95.1 Å². The van der Waals surface area contributed by atoms with E-state index in [1.807, 2.05) is 49.4 Å². The SMILES string of the molecule is Cc1ccc(C(=O)N2CCCc3cc(S(=O)(=O)N4CCN(Cc5ccccc5)CC4)ccc32)cc1. The van der Waals surface area contributed by atoms with Crippen molar-refractivity contribution in [2.45, 2.75) is 31.2 Å². The standard InChI is InChI=1S/C28H31N3O3S/c1-22-9-11-24(12-10-22)28(32)31-15-5-8-25-20-26(13-14-27(25)31)35(33,34)30-18-16-29(17-19-30)21-23-6-3-2-4-7-23/h2-4,6-7,9-14,20H,5,8,15-19,21H2,1H3. The first-order valence-corrected chi connectivity index (χ1v) is 13.6. The van der Waals surface area contributed by atoms with Gasteiger partial charge in [0.15, 0.2) is 0 Å². The number of carbonyl (C=O) groups is 1. The van der Waals surface area contributed by atoms with Gasteiger partial charge in [0.1, 0.15) is 0 Å². The number of hydrogen-bond donors (Lipinski definition) is 0. The van der Waals surface area contributed by atoms with Gasteiger partial charge in [-0.15, -0.1) is 0 Å². The Hall–Kier alpha value is -3.00. The number of sulfonamides is 1. The predicted molar refractivity (Wildman–Crippen MR) is 138 cm³/mol. The Morgan fingerprint density at radius 1 is 0.857 bits per heavy atom. The number of anilines is 1. The van der Waals surface area contributed by atoms with Crippen molar-refractivity contribution in [2.24, 2.45) is 0 Å². The average Bonchev–Trinajstić information content (AvgIpc) is 2.89. The number of hydrogen-bond acceptors (Lipinski definition) is 4. The third-order valence-corrected chi connectivity index (χ3v) is 8.83. The van der Waals surface area contributed by atoms with Gasteiger partial charge in [0.05, 0.1) is 4.90 Å². The molecule has 0 unspecified atom stereocenters. The van der Waals surface area contributed by atoms with Crippen molar-refractivity contribution < 1.29 is 13.2 Å². The average molecular weight is 490 g/mol. The lowest BCUT2D eigenvalue weighted by Gasteiger charge is -2.34. The van der Waals surface area contributed by atoms with E-state index in [0.717, 1.165) is 36.2 Å². The Kier molecular flexibility index (Phi) is 6.73. The monoisotopic (exact) mass is 489 g/mol. The Bertz CT molecular complexity index is 1300. The maximum absolute atomic E-state index is 13.4. The summed E-state index contributed by atoms with van der Waals surface area (Å²) >= 11 is 0. The fourth-order valence-corrected chi connectivity index (χ4v) is 6.39. The van der Waals surface area contributed by atoms with E-state index in [-0.39, 0.29) is 5.91 Å². The maximum atomic E-state index is 13.4. The van der Waals surface area contributed by atoms with Gasteiger partial charge in [-0.3, -0.25) is 9.69 Å². The molecule has 0 saturated carbocycles. The minimum Gasteiger partial charge on any atom is -0.308 e. The molecule has 2 aliphatic rings. The van der Waals surface area contributed by atoms with Gasteiger partial charge in [-0.2, -0.15) is 4.31 Å². The maximum Gasteiger partial charge on any atom is 0.258 e. The Balaban J connectivity index is 1.30. The fourth-order valence-electron chi connectivity index (χ4n) is 4.92. The summed E-state index contributed by atoms with van der Waals surface area (Å²) in [5.74, 6) is -0.0453. The van der Waals surface area contributed by atoms with Crippen LogP contribution < -0.4 is 4.90 Å². The summed E-state index contributed by atoms with van der Waals surface area (Å²) in [5.41, 5.74) is 4.72. The van der Waals surface area contributed by atoms with Gasteiger partial charge in [-0.1, -0.05) is 48.0 Å². The Morgan fingerprint density at radius 3 is 2.29 bits per heavy atom. The highest BCUT2D eigenvalue weighted by molar-refractivity contribution is 7.89. The van der Waals surface area contributed by atoms with Gasteiger partial charge in [-0.05, 0) is 61.2 Å². The summed E-state index contributed by atoms with van der Waals surface area (Å²) in [6.45, 7) is 5.83. The van der Waals surface area contributed by atoms with E-state index in [4.69, 9.17) is 0 Å². The first-order valence-electron chi connectivity index (χ1n) is 12.2. The molecule has 5 rings (SSSR count).